The van der Waals surface area contributed by atoms with E-state index in [9.17, 15) is 4.79 Å². The summed E-state index contributed by atoms with van der Waals surface area (Å²) in [5, 5.41) is 2.89. The minimum atomic E-state index is -0.242. The number of hydrogen-bond acceptors (Lipinski definition) is 3. The average Bonchev–Trinajstić information content (AvgIpc) is 2.68. The molecule has 0 saturated heterocycles. The molecule has 0 saturated carbocycles. The molecule has 0 unspecified atom stereocenters. The molecule has 0 aliphatic heterocycles. The molecule has 0 aliphatic carbocycles. The van der Waals surface area contributed by atoms with Crippen molar-refractivity contribution in [1.82, 2.24) is 0 Å². The van der Waals surface area contributed by atoms with Gasteiger partial charge in [0.05, 0.1) is 18.4 Å². The topological polar surface area (TPSA) is 47.6 Å². The molecule has 3 rings (SSSR count). The van der Waals surface area contributed by atoms with E-state index in [2.05, 4.69) is 5.32 Å². The molecule has 0 aromatic heterocycles. The lowest BCUT2D eigenvalue weighted by Gasteiger charge is -2.13. The largest absolute Gasteiger partial charge is 0.496 e. The minimum Gasteiger partial charge on any atom is -0.496 e. The molecule has 4 heteroatoms. The lowest BCUT2D eigenvalue weighted by molar-refractivity contribution is 0.102. The average molecular weight is 333 g/mol. The number of methoxy groups -OCH3 is 1. The van der Waals surface area contributed by atoms with E-state index in [1.54, 1.807) is 25.3 Å². The van der Waals surface area contributed by atoms with E-state index in [0.29, 0.717) is 29.4 Å². The van der Waals surface area contributed by atoms with Crippen LogP contribution in [0.3, 0.4) is 0 Å². The molecule has 0 aliphatic rings. The van der Waals surface area contributed by atoms with Crippen molar-refractivity contribution in [3.63, 3.8) is 0 Å². The van der Waals surface area contributed by atoms with E-state index in [1.807, 2.05) is 60.7 Å². The summed E-state index contributed by atoms with van der Waals surface area (Å²) in [6.45, 7) is 0.433. The minimum absolute atomic E-state index is 0.242. The quantitative estimate of drug-likeness (QED) is 0.721. The zero-order chi connectivity index (χ0) is 17.5. The molecule has 0 heterocycles. The van der Waals surface area contributed by atoms with E-state index in [0.717, 1.165) is 5.56 Å². The van der Waals surface area contributed by atoms with Gasteiger partial charge in [0.25, 0.3) is 5.91 Å². The van der Waals surface area contributed by atoms with Crippen molar-refractivity contribution in [1.29, 1.82) is 0 Å². The first-order valence-corrected chi connectivity index (χ1v) is 7.98. The highest BCUT2D eigenvalue weighted by molar-refractivity contribution is 6.06. The predicted molar refractivity (Wildman–Crippen MR) is 98.2 cm³/mol. The molecule has 0 bridgehead atoms. The summed E-state index contributed by atoms with van der Waals surface area (Å²) < 4.78 is 11.1. The molecule has 25 heavy (non-hydrogen) atoms. The van der Waals surface area contributed by atoms with Gasteiger partial charge in [-0.15, -0.1) is 0 Å². The van der Waals surface area contributed by atoms with Crippen molar-refractivity contribution in [2.45, 2.75) is 6.61 Å². The summed E-state index contributed by atoms with van der Waals surface area (Å²) in [4.78, 5) is 12.6. The van der Waals surface area contributed by atoms with E-state index < -0.39 is 0 Å². The number of benzene rings is 3. The van der Waals surface area contributed by atoms with Crippen molar-refractivity contribution in [2.24, 2.45) is 0 Å². The van der Waals surface area contributed by atoms with E-state index in [4.69, 9.17) is 9.47 Å². The molecule has 1 amide bonds. The van der Waals surface area contributed by atoms with Gasteiger partial charge < -0.3 is 14.8 Å². The number of carbonyl (C=O) groups is 1. The molecule has 4 nitrogen and oxygen atoms in total. The van der Waals surface area contributed by atoms with Crippen LogP contribution < -0.4 is 14.8 Å². The monoisotopic (exact) mass is 333 g/mol. The highest BCUT2D eigenvalue weighted by Crippen LogP contribution is 2.26. The van der Waals surface area contributed by atoms with Gasteiger partial charge >= 0.3 is 0 Å². The number of hydrogen-bond donors (Lipinski definition) is 1. The predicted octanol–water partition coefficient (Wildman–Crippen LogP) is 4.53. The Balaban J connectivity index is 1.75. The van der Waals surface area contributed by atoms with E-state index >= 15 is 0 Å². The maximum absolute atomic E-state index is 12.6. The standard InChI is InChI=1S/C21H19NO3/c1-24-19-13-7-5-11-17(19)21(23)22-18-12-6-8-14-20(18)25-15-16-9-3-2-4-10-16/h2-14H,15H2,1H3,(H,22,23). The Morgan fingerprint density at radius 3 is 2.24 bits per heavy atom. The van der Waals surface area contributed by atoms with Gasteiger partial charge in [-0.25, -0.2) is 0 Å². The molecular weight excluding hydrogens is 314 g/mol. The number of ether oxygens (including phenoxy) is 2. The summed E-state index contributed by atoms with van der Waals surface area (Å²) >= 11 is 0. The van der Waals surface area contributed by atoms with Crippen molar-refractivity contribution < 1.29 is 14.3 Å². The van der Waals surface area contributed by atoms with Gasteiger partial charge in [0, 0.05) is 0 Å². The van der Waals surface area contributed by atoms with Gasteiger partial charge in [0.1, 0.15) is 18.1 Å². The van der Waals surface area contributed by atoms with Crippen LogP contribution in [0.2, 0.25) is 0 Å². The summed E-state index contributed by atoms with van der Waals surface area (Å²) in [7, 11) is 1.54. The molecule has 3 aromatic carbocycles. The lowest BCUT2D eigenvalue weighted by Crippen LogP contribution is -2.14. The summed E-state index contributed by atoms with van der Waals surface area (Å²) in [5.74, 6) is 0.908. The molecule has 1 N–H and O–H groups in total. The smallest absolute Gasteiger partial charge is 0.259 e. The first kappa shape index (κ1) is 16.6. The van der Waals surface area contributed by atoms with Crippen LogP contribution >= 0.6 is 0 Å². The molecule has 0 fully saturated rings. The van der Waals surface area contributed by atoms with Crippen LogP contribution in [0.25, 0.3) is 0 Å². The Bertz CT molecular complexity index is 847. The second-order valence-corrected chi connectivity index (χ2v) is 5.42. The summed E-state index contributed by atoms with van der Waals surface area (Å²) in [6.07, 6.45) is 0. The van der Waals surface area contributed by atoms with Crippen LogP contribution in [-0.2, 0) is 6.61 Å². The highest BCUT2D eigenvalue weighted by atomic mass is 16.5. The van der Waals surface area contributed by atoms with Gasteiger partial charge in [-0.1, -0.05) is 54.6 Å². The third-order valence-corrected chi connectivity index (χ3v) is 3.72. The second-order valence-electron chi connectivity index (χ2n) is 5.42. The van der Waals surface area contributed by atoms with Gasteiger partial charge in [-0.2, -0.15) is 0 Å². The Hall–Kier alpha value is -3.27. The molecule has 0 spiro atoms. The molecule has 0 radical (unpaired) electrons. The third kappa shape index (κ3) is 4.18. The number of nitrogens with one attached hydrogen (secondary N) is 1. The molecule has 126 valence electrons. The van der Waals surface area contributed by atoms with Gasteiger partial charge in [0.2, 0.25) is 0 Å². The fourth-order valence-corrected chi connectivity index (χ4v) is 2.45. The maximum atomic E-state index is 12.6. The normalized spacial score (nSPS) is 10.1. The van der Waals surface area contributed by atoms with Crippen LogP contribution in [0.4, 0.5) is 5.69 Å². The SMILES string of the molecule is COc1ccccc1C(=O)Nc1ccccc1OCc1ccccc1. The number of carbonyl (C=O) groups excluding carboxylic acids is 1. The van der Waals surface area contributed by atoms with E-state index in [-0.39, 0.29) is 5.91 Å². The van der Waals surface area contributed by atoms with Crippen LogP contribution in [-0.4, -0.2) is 13.0 Å². The zero-order valence-electron chi connectivity index (χ0n) is 13.9. The van der Waals surface area contributed by atoms with Crippen molar-refractivity contribution in [3.05, 3.63) is 90.0 Å². The number of para-hydroxylation sites is 3. The van der Waals surface area contributed by atoms with Crippen LogP contribution in [0.1, 0.15) is 15.9 Å². The Morgan fingerprint density at radius 1 is 0.840 bits per heavy atom. The van der Waals surface area contributed by atoms with Crippen molar-refractivity contribution in [2.75, 3.05) is 12.4 Å². The van der Waals surface area contributed by atoms with Gasteiger partial charge in [-0.3, -0.25) is 4.79 Å². The molecular formula is C21H19NO3. The third-order valence-electron chi connectivity index (χ3n) is 3.72. The Kier molecular flexibility index (Phi) is 5.32. The van der Waals surface area contributed by atoms with Crippen molar-refractivity contribution >= 4 is 11.6 Å². The maximum Gasteiger partial charge on any atom is 0.259 e. The summed E-state index contributed by atoms with van der Waals surface area (Å²) in [6, 6.07) is 24.4. The van der Waals surface area contributed by atoms with E-state index in [1.165, 1.54) is 0 Å². The fraction of sp³-hybridized carbons (Fsp3) is 0.0952. The summed E-state index contributed by atoms with van der Waals surface area (Å²) in [5.41, 5.74) is 2.16. The van der Waals surface area contributed by atoms with Gasteiger partial charge in [0.15, 0.2) is 0 Å². The highest BCUT2D eigenvalue weighted by Gasteiger charge is 2.13. The zero-order valence-corrected chi connectivity index (χ0v) is 13.9. The molecule has 0 atom stereocenters. The first-order chi connectivity index (χ1) is 12.3. The van der Waals surface area contributed by atoms with Gasteiger partial charge in [-0.05, 0) is 29.8 Å². The number of rotatable bonds is 6. The number of amides is 1. The second kappa shape index (κ2) is 8.02. The molecule has 3 aromatic rings. The van der Waals surface area contributed by atoms with Crippen LogP contribution in [0.15, 0.2) is 78.9 Å². The van der Waals surface area contributed by atoms with Crippen LogP contribution in [0.5, 0.6) is 11.5 Å². The first-order valence-electron chi connectivity index (χ1n) is 7.98. The lowest BCUT2D eigenvalue weighted by atomic mass is 10.2. The number of anilines is 1. The fourth-order valence-electron chi connectivity index (χ4n) is 2.45. The Morgan fingerprint density at radius 2 is 1.48 bits per heavy atom. The Labute approximate surface area is 147 Å². The van der Waals surface area contributed by atoms with Crippen LogP contribution in [0, 0.1) is 0 Å². The van der Waals surface area contributed by atoms with Crippen molar-refractivity contribution in [3.8, 4) is 11.5 Å².